The van der Waals surface area contributed by atoms with Crippen LogP contribution < -0.4 is 0 Å². The molecular formula is C18H25Cl2NO6S. The monoisotopic (exact) mass is 453 g/mol. The summed E-state index contributed by atoms with van der Waals surface area (Å²) in [6.45, 7) is 5.98. The van der Waals surface area contributed by atoms with Crippen molar-refractivity contribution in [1.82, 2.24) is 4.90 Å². The van der Waals surface area contributed by atoms with Gasteiger partial charge >= 0.3 is 6.09 Å². The van der Waals surface area contributed by atoms with Gasteiger partial charge in [0.15, 0.2) is 0 Å². The van der Waals surface area contributed by atoms with E-state index in [1.807, 2.05) is 0 Å². The van der Waals surface area contributed by atoms with Gasteiger partial charge in [0.25, 0.3) is 10.1 Å². The summed E-state index contributed by atoms with van der Waals surface area (Å²) in [5.41, 5.74) is 0.120. The van der Waals surface area contributed by atoms with E-state index in [4.69, 9.17) is 36.9 Å². The number of hydrogen-bond donors (Lipinski definition) is 0. The number of rotatable bonds is 4. The van der Waals surface area contributed by atoms with Crippen molar-refractivity contribution in [2.75, 3.05) is 32.6 Å². The van der Waals surface area contributed by atoms with Gasteiger partial charge in [-0.1, -0.05) is 29.3 Å². The Morgan fingerprint density at radius 2 is 1.96 bits per heavy atom. The number of benzene rings is 1. The summed E-state index contributed by atoms with van der Waals surface area (Å²) in [5.74, 6) is -0.383. The number of halogens is 2. The van der Waals surface area contributed by atoms with Gasteiger partial charge in [0, 0.05) is 19.0 Å². The Morgan fingerprint density at radius 1 is 1.29 bits per heavy atom. The predicted octanol–water partition coefficient (Wildman–Crippen LogP) is 3.69. The zero-order valence-electron chi connectivity index (χ0n) is 16.3. The molecule has 1 aromatic carbocycles. The molecule has 0 bridgehead atoms. The van der Waals surface area contributed by atoms with Crippen LogP contribution in [0.25, 0.3) is 0 Å². The predicted molar refractivity (Wildman–Crippen MR) is 108 cm³/mol. The molecule has 1 amide bonds. The molecule has 2 rings (SSSR count). The maximum Gasteiger partial charge on any atom is 0.410 e. The second-order valence-electron chi connectivity index (χ2n) is 7.60. The van der Waals surface area contributed by atoms with E-state index >= 15 is 0 Å². The maximum atomic E-state index is 12.6. The molecule has 1 saturated heterocycles. The molecule has 0 aliphatic carbocycles. The lowest BCUT2D eigenvalue weighted by Gasteiger charge is -2.29. The van der Waals surface area contributed by atoms with Crippen molar-refractivity contribution in [2.45, 2.75) is 38.4 Å². The lowest BCUT2D eigenvalue weighted by atomic mass is 9.93. The Kier molecular flexibility index (Phi) is 7.61. The van der Waals surface area contributed by atoms with Crippen molar-refractivity contribution in [2.24, 2.45) is 0 Å². The van der Waals surface area contributed by atoms with Gasteiger partial charge in [0.1, 0.15) is 5.60 Å². The Morgan fingerprint density at radius 3 is 2.54 bits per heavy atom. The van der Waals surface area contributed by atoms with Gasteiger partial charge in [-0.15, -0.1) is 0 Å². The summed E-state index contributed by atoms with van der Waals surface area (Å²) in [4.78, 5) is 14.1. The molecule has 28 heavy (non-hydrogen) atoms. The second kappa shape index (κ2) is 9.17. The number of amides is 1. The molecular weight excluding hydrogens is 429 g/mol. The van der Waals surface area contributed by atoms with E-state index < -0.39 is 27.9 Å². The first-order valence-electron chi connectivity index (χ1n) is 8.74. The summed E-state index contributed by atoms with van der Waals surface area (Å²) in [7, 11) is -3.64. The van der Waals surface area contributed by atoms with E-state index in [0.717, 1.165) is 11.8 Å². The van der Waals surface area contributed by atoms with Crippen molar-refractivity contribution >= 4 is 39.4 Å². The van der Waals surface area contributed by atoms with Gasteiger partial charge < -0.3 is 14.4 Å². The number of hydrogen-bond acceptors (Lipinski definition) is 6. The van der Waals surface area contributed by atoms with Crippen LogP contribution in [0.5, 0.6) is 0 Å². The molecule has 7 nitrogen and oxygen atoms in total. The normalized spacial score (nSPS) is 21.3. The van der Waals surface area contributed by atoms with E-state index in [1.165, 1.54) is 0 Å². The summed E-state index contributed by atoms with van der Waals surface area (Å²) >= 11 is 12.2. The molecule has 1 aliphatic rings. The molecule has 1 aromatic rings. The summed E-state index contributed by atoms with van der Waals surface area (Å²) in [5, 5.41) is 0.753. The van der Waals surface area contributed by atoms with Gasteiger partial charge in [-0.25, -0.2) is 4.79 Å². The highest BCUT2D eigenvalue weighted by Crippen LogP contribution is 2.31. The van der Waals surface area contributed by atoms with Crippen LogP contribution in [0.2, 0.25) is 10.0 Å². The largest absolute Gasteiger partial charge is 0.444 e. The quantitative estimate of drug-likeness (QED) is 0.646. The van der Waals surface area contributed by atoms with Crippen molar-refractivity contribution < 1.29 is 26.9 Å². The van der Waals surface area contributed by atoms with Crippen molar-refractivity contribution in [1.29, 1.82) is 0 Å². The highest BCUT2D eigenvalue weighted by atomic mass is 35.5. The summed E-state index contributed by atoms with van der Waals surface area (Å²) < 4.78 is 39.1. The molecule has 0 radical (unpaired) electrons. The van der Waals surface area contributed by atoms with E-state index in [2.05, 4.69) is 0 Å². The number of carbonyl (C=O) groups is 1. The Labute approximate surface area is 176 Å². The first kappa shape index (κ1) is 23.2. The van der Waals surface area contributed by atoms with Gasteiger partial charge in [-0.05, 0) is 38.5 Å². The van der Waals surface area contributed by atoms with Crippen molar-refractivity contribution in [3.8, 4) is 0 Å². The van der Waals surface area contributed by atoms with E-state index in [-0.39, 0.29) is 25.7 Å². The molecule has 0 N–H and O–H groups in total. The van der Waals surface area contributed by atoms with Crippen LogP contribution >= 0.6 is 23.2 Å². The smallest absolute Gasteiger partial charge is 0.410 e. The zero-order valence-corrected chi connectivity index (χ0v) is 18.6. The molecule has 0 spiro atoms. The van der Waals surface area contributed by atoms with Crippen LogP contribution in [0.4, 0.5) is 4.79 Å². The number of nitrogens with zero attached hydrogens (tertiary/aromatic N) is 1. The summed E-state index contributed by atoms with van der Waals surface area (Å²) in [6.07, 6.45) is -0.0875. The fourth-order valence-corrected chi connectivity index (χ4v) is 3.47. The molecule has 1 heterocycles. The highest BCUT2D eigenvalue weighted by molar-refractivity contribution is 7.85. The van der Waals surface area contributed by atoms with Gasteiger partial charge in [-0.3, -0.25) is 4.18 Å². The third kappa shape index (κ3) is 7.08. The van der Waals surface area contributed by atoms with Crippen molar-refractivity contribution in [3.63, 3.8) is 0 Å². The minimum absolute atomic E-state index is 0.175. The highest BCUT2D eigenvalue weighted by Gasteiger charge is 2.34. The topological polar surface area (TPSA) is 82.1 Å². The van der Waals surface area contributed by atoms with Crippen LogP contribution in [0.3, 0.4) is 0 Å². The molecule has 2 atom stereocenters. The Hall–Kier alpha value is -1.06. The van der Waals surface area contributed by atoms with Gasteiger partial charge in [-0.2, -0.15) is 8.42 Å². The first-order chi connectivity index (χ1) is 12.9. The van der Waals surface area contributed by atoms with E-state index in [9.17, 15) is 13.2 Å². The van der Waals surface area contributed by atoms with Gasteiger partial charge in [0.2, 0.25) is 0 Å². The fourth-order valence-electron chi connectivity index (χ4n) is 2.79. The third-order valence-corrected chi connectivity index (χ3v) is 5.33. The number of carbonyl (C=O) groups excluding carboxylic acids is 1. The van der Waals surface area contributed by atoms with Gasteiger partial charge in [0.05, 0.1) is 35.6 Å². The third-order valence-electron chi connectivity index (χ3n) is 4.03. The average Bonchev–Trinajstić information content (AvgIpc) is 2.76. The van der Waals surface area contributed by atoms with Crippen LogP contribution in [0, 0.1) is 0 Å². The van der Waals surface area contributed by atoms with Crippen molar-refractivity contribution in [3.05, 3.63) is 33.8 Å². The van der Waals surface area contributed by atoms with Crippen LogP contribution in [0.1, 0.15) is 32.3 Å². The molecule has 2 unspecified atom stereocenters. The SMILES string of the molecule is CC(C)(C)OC(=O)N1CCOC(COS(C)(=O)=O)C(c2ccc(Cl)c(Cl)c2)C1. The summed E-state index contributed by atoms with van der Waals surface area (Å²) in [6, 6.07) is 5.11. The molecule has 0 aromatic heterocycles. The standard InChI is InChI=1S/C18H25Cl2NO6S/c1-18(2,3)27-17(22)21-7-8-25-16(11-26-28(4,23)24)13(10-21)12-5-6-14(19)15(20)9-12/h5-6,9,13,16H,7-8,10-11H2,1-4H3. The molecule has 0 saturated carbocycles. The zero-order chi connectivity index (χ0) is 21.1. The minimum Gasteiger partial charge on any atom is -0.444 e. The second-order valence-corrected chi connectivity index (χ2v) is 10.1. The Balaban J connectivity index is 2.30. The molecule has 1 fully saturated rings. The Bertz CT molecular complexity index is 809. The lowest BCUT2D eigenvalue weighted by Crippen LogP contribution is -2.40. The van der Waals surface area contributed by atoms with Crippen LogP contribution in [-0.4, -0.2) is 63.7 Å². The van der Waals surface area contributed by atoms with Crippen LogP contribution in [-0.2, 0) is 23.8 Å². The van der Waals surface area contributed by atoms with E-state index in [0.29, 0.717) is 16.6 Å². The molecule has 158 valence electrons. The van der Waals surface area contributed by atoms with Crippen LogP contribution in [0.15, 0.2) is 18.2 Å². The first-order valence-corrected chi connectivity index (χ1v) is 11.3. The molecule has 10 heteroatoms. The number of ether oxygens (including phenoxy) is 2. The lowest BCUT2D eigenvalue weighted by molar-refractivity contribution is 0.0166. The van der Waals surface area contributed by atoms with E-state index in [1.54, 1.807) is 43.9 Å². The fraction of sp³-hybridized carbons (Fsp3) is 0.611. The minimum atomic E-state index is -3.64. The average molecular weight is 454 g/mol. The maximum absolute atomic E-state index is 12.6. The molecule has 1 aliphatic heterocycles.